The quantitative estimate of drug-likeness (QED) is 0.211. The second-order valence-electron chi connectivity index (χ2n) is 11.0. The molecular formula is C33H41Cl2N3O4S. The average Bonchev–Trinajstić information content (AvgIpc) is 2.95. The summed E-state index contributed by atoms with van der Waals surface area (Å²) in [5.74, 6) is -0.538. The molecule has 7 nitrogen and oxygen atoms in total. The number of benzene rings is 3. The Hall–Kier alpha value is -3.07. The lowest BCUT2D eigenvalue weighted by Gasteiger charge is -2.33. The fourth-order valence-corrected chi connectivity index (χ4v) is 6.14. The van der Waals surface area contributed by atoms with Crippen LogP contribution in [0.1, 0.15) is 55.4 Å². The van der Waals surface area contributed by atoms with Gasteiger partial charge in [-0.1, -0.05) is 72.6 Å². The molecule has 43 heavy (non-hydrogen) atoms. The summed E-state index contributed by atoms with van der Waals surface area (Å²) in [5.41, 5.74) is 4.15. The molecule has 0 aromatic heterocycles. The number of rotatable bonds is 14. The van der Waals surface area contributed by atoms with Crippen LogP contribution in [0.25, 0.3) is 0 Å². The molecule has 2 amide bonds. The van der Waals surface area contributed by atoms with Gasteiger partial charge in [0.15, 0.2) is 0 Å². The maximum atomic E-state index is 14.0. The van der Waals surface area contributed by atoms with Gasteiger partial charge < -0.3 is 10.2 Å². The first-order valence-electron chi connectivity index (χ1n) is 14.4. The van der Waals surface area contributed by atoms with Crippen molar-refractivity contribution in [3.63, 3.8) is 0 Å². The minimum Gasteiger partial charge on any atom is -0.352 e. The number of nitrogens with one attached hydrogen (secondary N) is 1. The van der Waals surface area contributed by atoms with Crippen molar-refractivity contribution in [3.05, 3.63) is 99.0 Å². The van der Waals surface area contributed by atoms with Crippen molar-refractivity contribution in [1.29, 1.82) is 0 Å². The number of anilines is 1. The monoisotopic (exact) mass is 645 g/mol. The molecule has 0 saturated carbocycles. The third-order valence-electron chi connectivity index (χ3n) is 7.56. The van der Waals surface area contributed by atoms with Crippen molar-refractivity contribution in [1.82, 2.24) is 10.2 Å². The molecule has 3 rings (SSSR count). The molecule has 10 heteroatoms. The molecule has 232 valence electrons. The smallest absolute Gasteiger partial charge is 0.243 e. The van der Waals surface area contributed by atoms with E-state index >= 15 is 0 Å². The average molecular weight is 647 g/mol. The molecular weight excluding hydrogens is 605 g/mol. The van der Waals surface area contributed by atoms with Crippen LogP contribution in [-0.2, 0) is 32.6 Å². The van der Waals surface area contributed by atoms with Crippen LogP contribution in [0.2, 0.25) is 10.0 Å². The van der Waals surface area contributed by atoms with E-state index in [1.807, 2.05) is 70.2 Å². The second-order valence-corrected chi connectivity index (χ2v) is 13.7. The van der Waals surface area contributed by atoms with E-state index in [9.17, 15) is 18.0 Å². The molecule has 2 atom stereocenters. The Bertz CT molecular complexity index is 1520. The first kappa shape index (κ1) is 34.4. The summed E-state index contributed by atoms with van der Waals surface area (Å²) in [7, 11) is -3.60. The summed E-state index contributed by atoms with van der Waals surface area (Å²) in [6.07, 6.45) is 2.49. The van der Waals surface area contributed by atoms with Gasteiger partial charge in [0.05, 0.1) is 11.9 Å². The fraction of sp³-hybridized carbons (Fsp3) is 0.394. The molecule has 0 aliphatic heterocycles. The zero-order valence-corrected chi connectivity index (χ0v) is 27.8. The van der Waals surface area contributed by atoms with Crippen LogP contribution in [0.5, 0.6) is 0 Å². The minimum absolute atomic E-state index is 0.0317. The topological polar surface area (TPSA) is 86.8 Å². The zero-order valence-electron chi connectivity index (χ0n) is 25.4. The van der Waals surface area contributed by atoms with Gasteiger partial charge in [-0.2, -0.15) is 0 Å². The number of aryl methyl sites for hydroxylation is 2. The molecule has 0 bridgehead atoms. The third kappa shape index (κ3) is 9.98. The Labute approximate surface area is 266 Å². The largest absolute Gasteiger partial charge is 0.352 e. The molecule has 0 saturated heterocycles. The molecule has 0 aliphatic carbocycles. The van der Waals surface area contributed by atoms with Gasteiger partial charge in [-0.15, -0.1) is 0 Å². The molecule has 0 heterocycles. The fourth-order valence-electron chi connectivity index (χ4n) is 4.71. The summed E-state index contributed by atoms with van der Waals surface area (Å²) < 4.78 is 26.8. The number of hydrogen-bond donors (Lipinski definition) is 1. The van der Waals surface area contributed by atoms with Gasteiger partial charge in [0, 0.05) is 42.0 Å². The maximum absolute atomic E-state index is 14.0. The molecule has 0 aliphatic rings. The lowest BCUT2D eigenvalue weighted by molar-refractivity contribution is -0.141. The summed E-state index contributed by atoms with van der Waals surface area (Å²) >= 11 is 12.7. The summed E-state index contributed by atoms with van der Waals surface area (Å²) in [6, 6.07) is 19.2. The van der Waals surface area contributed by atoms with E-state index in [2.05, 4.69) is 5.32 Å². The van der Waals surface area contributed by atoms with Crippen molar-refractivity contribution in [3.8, 4) is 0 Å². The number of carbonyl (C=O) groups is 2. The summed E-state index contributed by atoms with van der Waals surface area (Å²) in [5, 5.41) is 3.91. The van der Waals surface area contributed by atoms with E-state index in [0.717, 1.165) is 29.4 Å². The first-order valence-corrected chi connectivity index (χ1v) is 17.0. The van der Waals surface area contributed by atoms with Crippen LogP contribution < -0.4 is 9.62 Å². The molecule has 1 N–H and O–H groups in total. The number of nitrogens with zero attached hydrogens (tertiary/aromatic N) is 2. The summed E-state index contributed by atoms with van der Waals surface area (Å²) in [4.78, 5) is 29.3. The highest BCUT2D eigenvalue weighted by Gasteiger charge is 2.31. The Balaban J connectivity index is 1.93. The Morgan fingerprint density at radius 1 is 0.953 bits per heavy atom. The van der Waals surface area contributed by atoms with Crippen LogP contribution in [0.4, 0.5) is 5.69 Å². The normalized spacial score (nSPS) is 12.8. The van der Waals surface area contributed by atoms with Crippen molar-refractivity contribution in [2.24, 2.45) is 0 Å². The zero-order chi connectivity index (χ0) is 31.7. The van der Waals surface area contributed by atoms with Gasteiger partial charge in [-0.25, -0.2) is 8.42 Å². The number of sulfonamides is 1. The third-order valence-corrected chi connectivity index (χ3v) is 9.34. The van der Waals surface area contributed by atoms with E-state index in [1.165, 1.54) is 4.31 Å². The van der Waals surface area contributed by atoms with E-state index in [-0.39, 0.29) is 43.8 Å². The van der Waals surface area contributed by atoms with Crippen molar-refractivity contribution >= 4 is 50.7 Å². The Morgan fingerprint density at radius 3 is 2.26 bits per heavy atom. The highest BCUT2D eigenvalue weighted by molar-refractivity contribution is 7.92. The van der Waals surface area contributed by atoms with Gasteiger partial charge in [-0.3, -0.25) is 13.9 Å². The molecule has 3 aromatic rings. The van der Waals surface area contributed by atoms with Crippen LogP contribution in [0.3, 0.4) is 0 Å². The molecule has 3 aromatic carbocycles. The highest BCUT2D eigenvalue weighted by atomic mass is 35.5. The van der Waals surface area contributed by atoms with E-state index in [4.69, 9.17) is 23.2 Å². The molecule has 0 fully saturated rings. The predicted molar refractivity (Wildman–Crippen MR) is 176 cm³/mol. The lowest BCUT2D eigenvalue weighted by atomic mass is 10.0. The lowest BCUT2D eigenvalue weighted by Crippen LogP contribution is -2.52. The van der Waals surface area contributed by atoms with Crippen LogP contribution >= 0.6 is 23.2 Å². The van der Waals surface area contributed by atoms with Crippen LogP contribution in [0, 0.1) is 13.8 Å². The van der Waals surface area contributed by atoms with Crippen LogP contribution in [-0.4, -0.2) is 50.0 Å². The van der Waals surface area contributed by atoms with Crippen molar-refractivity contribution in [2.75, 3.05) is 17.1 Å². The van der Waals surface area contributed by atoms with Crippen molar-refractivity contribution in [2.45, 2.75) is 72.0 Å². The van der Waals surface area contributed by atoms with Gasteiger partial charge in [0.25, 0.3) is 0 Å². The van der Waals surface area contributed by atoms with Crippen LogP contribution in [0.15, 0.2) is 66.7 Å². The van der Waals surface area contributed by atoms with Gasteiger partial charge in [0.1, 0.15) is 6.04 Å². The van der Waals surface area contributed by atoms with E-state index < -0.39 is 16.1 Å². The van der Waals surface area contributed by atoms with E-state index in [0.29, 0.717) is 27.7 Å². The Morgan fingerprint density at radius 2 is 1.65 bits per heavy atom. The number of halogens is 2. The maximum Gasteiger partial charge on any atom is 0.243 e. The summed E-state index contributed by atoms with van der Waals surface area (Å²) in [6.45, 7) is 8.01. The van der Waals surface area contributed by atoms with Gasteiger partial charge in [0.2, 0.25) is 21.8 Å². The Kier molecular flexibility index (Phi) is 12.5. The number of amides is 2. The first-order chi connectivity index (χ1) is 20.3. The molecule has 0 unspecified atom stereocenters. The van der Waals surface area contributed by atoms with Crippen molar-refractivity contribution < 1.29 is 18.0 Å². The SMILES string of the molecule is CC[C@@H](C)NC(=O)[C@@H](Cc1ccccc1)N(Cc1ccc(Cl)cc1Cl)C(=O)CCCN(c1ccc(C)c(C)c1)S(C)(=O)=O. The van der Waals surface area contributed by atoms with E-state index in [1.54, 1.807) is 29.2 Å². The molecule has 0 spiro atoms. The minimum atomic E-state index is -3.60. The predicted octanol–water partition coefficient (Wildman–Crippen LogP) is 6.71. The second kappa shape index (κ2) is 15.6. The highest BCUT2D eigenvalue weighted by Crippen LogP contribution is 2.26. The van der Waals surface area contributed by atoms with Gasteiger partial charge >= 0.3 is 0 Å². The number of hydrogen-bond acceptors (Lipinski definition) is 4. The molecule has 0 radical (unpaired) electrons. The standard InChI is InChI=1S/C33H41Cl2N3O4S/c1-6-25(4)36-33(40)31(20-26-11-8-7-9-12-26)37(22-27-15-16-28(34)21-30(27)35)32(39)13-10-18-38(43(5,41)42)29-17-14-23(2)24(3)19-29/h7-9,11-12,14-17,19,21,25,31H,6,10,13,18,20,22H2,1-5H3,(H,36,40)/t25-,31-/m1/s1. The number of carbonyl (C=O) groups excluding carboxylic acids is 2. The van der Waals surface area contributed by atoms with Gasteiger partial charge in [-0.05, 0) is 80.1 Å².